The van der Waals surface area contributed by atoms with Crippen LogP contribution in [0.15, 0.2) is 34.8 Å². The maximum atomic E-state index is 13.4. The van der Waals surface area contributed by atoms with E-state index in [2.05, 4.69) is 33.4 Å². The monoisotopic (exact) mass is 351 g/mol. The first kappa shape index (κ1) is 16.0. The van der Waals surface area contributed by atoms with Crippen LogP contribution in [-0.4, -0.2) is 7.05 Å². The summed E-state index contributed by atoms with van der Waals surface area (Å²) in [6, 6.07) is 9.01. The summed E-state index contributed by atoms with van der Waals surface area (Å²) in [7, 11) is 1.93. The van der Waals surface area contributed by atoms with Crippen LogP contribution in [0.4, 0.5) is 4.39 Å². The molecule has 1 N–H and O–H groups in total. The fraction of sp³-hybridized carbons (Fsp3) is 0.294. The molecule has 0 radical (unpaired) electrons. The molecule has 0 aliphatic heterocycles. The van der Waals surface area contributed by atoms with Gasteiger partial charge in [-0.3, -0.25) is 0 Å². The maximum absolute atomic E-state index is 13.4. The van der Waals surface area contributed by atoms with E-state index in [-0.39, 0.29) is 5.82 Å². The average Bonchev–Trinajstić information content (AvgIpc) is 2.36. The van der Waals surface area contributed by atoms with Gasteiger partial charge in [-0.2, -0.15) is 0 Å². The van der Waals surface area contributed by atoms with Crippen molar-refractivity contribution in [1.82, 2.24) is 5.32 Å². The van der Waals surface area contributed by atoms with Crippen LogP contribution < -0.4 is 10.1 Å². The molecule has 2 aromatic rings. The molecule has 0 saturated heterocycles. The summed E-state index contributed by atoms with van der Waals surface area (Å²) < 4.78 is 20.0. The van der Waals surface area contributed by atoms with Gasteiger partial charge in [0, 0.05) is 11.0 Å². The zero-order chi connectivity index (χ0) is 15.4. The summed E-state index contributed by atoms with van der Waals surface area (Å²) in [5, 5.41) is 3.14. The van der Waals surface area contributed by atoms with Crippen molar-refractivity contribution in [2.75, 3.05) is 7.05 Å². The average molecular weight is 352 g/mol. The molecule has 21 heavy (non-hydrogen) atoms. The Bertz CT molecular complexity index is 599. The Morgan fingerprint density at radius 2 is 1.71 bits per heavy atom. The minimum Gasteiger partial charge on any atom is -0.488 e. The molecule has 0 aliphatic rings. The van der Waals surface area contributed by atoms with E-state index in [0.29, 0.717) is 6.61 Å². The molecule has 0 spiro atoms. The third-order valence-electron chi connectivity index (χ3n) is 3.21. The summed E-state index contributed by atoms with van der Waals surface area (Å²) in [6.07, 6.45) is 0. The molecule has 0 aromatic heterocycles. The molecule has 0 amide bonds. The normalized spacial score (nSPS) is 10.7. The summed E-state index contributed by atoms with van der Waals surface area (Å²) in [5.74, 6) is 0.607. The lowest BCUT2D eigenvalue weighted by Crippen LogP contribution is -2.06. The molecule has 112 valence electrons. The van der Waals surface area contributed by atoms with Crippen molar-refractivity contribution in [2.45, 2.75) is 27.0 Å². The van der Waals surface area contributed by atoms with Crippen LogP contribution >= 0.6 is 15.9 Å². The standard InChI is InChI=1S/C17H19BrFNO/c1-11-4-13(9-20-3)5-12(2)17(11)21-10-14-6-15(18)8-16(19)7-14/h4-8,20H,9-10H2,1-3H3. The van der Waals surface area contributed by atoms with Crippen molar-refractivity contribution in [1.29, 1.82) is 0 Å². The molecule has 0 unspecified atom stereocenters. The van der Waals surface area contributed by atoms with Gasteiger partial charge in [0.05, 0.1) is 0 Å². The highest BCUT2D eigenvalue weighted by Crippen LogP contribution is 2.26. The molecule has 2 nitrogen and oxygen atoms in total. The van der Waals surface area contributed by atoms with Crippen molar-refractivity contribution in [3.63, 3.8) is 0 Å². The Hall–Kier alpha value is -1.39. The van der Waals surface area contributed by atoms with E-state index >= 15 is 0 Å². The number of ether oxygens (including phenoxy) is 1. The number of nitrogens with one attached hydrogen (secondary N) is 1. The highest BCUT2D eigenvalue weighted by atomic mass is 79.9. The van der Waals surface area contributed by atoms with Gasteiger partial charge in [0.15, 0.2) is 0 Å². The molecule has 0 fully saturated rings. The molecule has 2 aromatic carbocycles. The Kier molecular flexibility index (Phi) is 5.37. The third kappa shape index (κ3) is 4.29. The molecule has 0 bridgehead atoms. The van der Waals surface area contributed by atoms with Crippen LogP contribution in [0.2, 0.25) is 0 Å². The van der Waals surface area contributed by atoms with Crippen molar-refractivity contribution in [2.24, 2.45) is 0 Å². The van der Waals surface area contributed by atoms with E-state index in [4.69, 9.17) is 4.74 Å². The van der Waals surface area contributed by atoms with Gasteiger partial charge in [-0.15, -0.1) is 0 Å². The van der Waals surface area contributed by atoms with Crippen LogP contribution in [0.3, 0.4) is 0 Å². The summed E-state index contributed by atoms with van der Waals surface area (Å²) in [6.45, 7) is 5.24. The van der Waals surface area contributed by atoms with Gasteiger partial charge >= 0.3 is 0 Å². The molecule has 0 aliphatic carbocycles. The summed E-state index contributed by atoms with van der Waals surface area (Å²) in [4.78, 5) is 0. The maximum Gasteiger partial charge on any atom is 0.125 e. The van der Waals surface area contributed by atoms with Gasteiger partial charge in [-0.05, 0) is 61.3 Å². The minimum atomic E-state index is -0.263. The number of benzene rings is 2. The van der Waals surface area contributed by atoms with Crippen LogP contribution in [0.25, 0.3) is 0 Å². The van der Waals surface area contributed by atoms with Gasteiger partial charge in [0.25, 0.3) is 0 Å². The highest BCUT2D eigenvalue weighted by molar-refractivity contribution is 9.10. The Morgan fingerprint density at radius 3 is 2.29 bits per heavy atom. The summed E-state index contributed by atoms with van der Waals surface area (Å²) in [5.41, 5.74) is 4.22. The van der Waals surface area contributed by atoms with Crippen molar-refractivity contribution in [3.8, 4) is 5.75 Å². The van der Waals surface area contributed by atoms with Crippen LogP contribution in [0.1, 0.15) is 22.3 Å². The smallest absolute Gasteiger partial charge is 0.125 e. The lowest BCUT2D eigenvalue weighted by atomic mass is 10.1. The van der Waals surface area contributed by atoms with Crippen LogP contribution in [-0.2, 0) is 13.2 Å². The number of aryl methyl sites for hydroxylation is 2. The predicted molar refractivity (Wildman–Crippen MR) is 87.1 cm³/mol. The van der Waals surface area contributed by atoms with Crippen molar-refractivity contribution < 1.29 is 9.13 Å². The van der Waals surface area contributed by atoms with E-state index < -0.39 is 0 Å². The Morgan fingerprint density at radius 1 is 1.05 bits per heavy atom. The van der Waals surface area contributed by atoms with E-state index in [9.17, 15) is 4.39 Å². The topological polar surface area (TPSA) is 21.3 Å². The number of hydrogen-bond acceptors (Lipinski definition) is 2. The first-order valence-electron chi connectivity index (χ1n) is 6.82. The molecule has 2 rings (SSSR count). The number of hydrogen-bond donors (Lipinski definition) is 1. The largest absolute Gasteiger partial charge is 0.488 e. The van der Waals surface area contributed by atoms with E-state index in [1.807, 2.05) is 27.0 Å². The summed E-state index contributed by atoms with van der Waals surface area (Å²) >= 11 is 3.29. The van der Waals surface area contributed by atoms with Gasteiger partial charge in [-0.1, -0.05) is 28.1 Å². The fourth-order valence-corrected chi connectivity index (χ4v) is 2.94. The Labute approximate surface area is 133 Å². The number of rotatable bonds is 5. The van der Waals surface area contributed by atoms with Gasteiger partial charge in [0.2, 0.25) is 0 Å². The zero-order valence-electron chi connectivity index (χ0n) is 12.5. The third-order valence-corrected chi connectivity index (χ3v) is 3.66. The van der Waals surface area contributed by atoms with E-state index in [1.165, 1.54) is 17.7 Å². The lowest BCUT2D eigenvalue weighted by molar-refractivity contribution is 0.301. The molecule has 4 heteroatoms. The lowest BCUT2D eigenvalue weighted by Gasteiger charge is -2.14. The van der Waals surface area contributed by atoms with Crippen molar-refractivity contribution in [3.05, 3.63) is 62.9 Å². The van der Waals surface area contributed by atoms with E-state index in [0.717, 1.165) is 33.5 Å². The molecular formula is C17H19BrFNO. The van der Waals surface area contributed by atoms with Crippen LogP contribution in [0.5, 0.6) is 5.75 Å². The fourth-order valence-electron chi connectivity index (χ4n) is 2.42. The first-order chi connectivity index (χ1) is 9.99. The van der Waals surface area contributed by atoms with Gasteiger partial charge < -0.3 is 10.1 Å². The minimum absolute atomic E-state index is 0.263. The Balaban J connectivity index is 2.16. The predicted octanol–water partition coefficient (Wildman–Crippen LogP) is 4.50. The quantitative estimate of drug-likeness (QED) is 0.855. The van der Waals surface area contributed by atoms with E-state index in [1.54, 1.807) is 0 Å². The first-order valence-corrected chi connectivity index (χ1v) is 7.61. The van der Waals surface area contributed by atoms with Gasteiger partial charge in [-0.25, -0.2) is 4.39 Å². The zero-order valence-corrected chi connectivity index (χ0v) is 14.1. The van der Waals surface area contributed by atoms with Gasteiger partial charge in [0.1, 0.15) is 18.2 Å². The number of halogens is 2. The van der Waals surface area contributed by atoms with Crippen LogP contribution in [0, 0.1) is 19.7 Å². The van der Waals surface area contributed by atoms with Crippen molar-refractivity contribution >= 4 is 15.9 Å². The molecule has 0 saturated carbocycles. The SMILES string of the molecule is CNCc1cc(C)c(OCc2cc(F)cc(Br)c2)c(C)c1. The highest BCUT2D eigenvalue weighted by Gasteiger charge is 2.07. The second-order valence-corrected chi connectivity index (χ2v) is 6.07. The second kappa shape index (κ2) is 7.05. The molecular weight excluding hydrogens is 333 g/mol. The molecule has 0 atom stereocenters. The second-order valence-electron chi connectivity index (χ2n) is 5.16. The molecule has 0 heterocycles.